The number of benzene rings is 1. The average Bonchev–Trinajstić information content (AvgIpc) is 2.26. The molecule has 0 N–H and O–H groups in total. The van der Waals surface area contributed by atoms with E-state index in [0.717, 1.165) is 5.75 Å². The molecule has 0 radical (unpaired) electrons. The van der Waals surface area contributed by atoms with E-state index in [9.17, 15) is 0 Å². The third kappa shape index (κ3) is 3.75. The molecule has 1 aromatic carbocycles. The van der Waals surface area contributed by atoms with Crippen LogP contribution >= 0.6 is 12.6 Å². The Kier molecular flexibility index (Phi) is 5.77. The van der Waals surface area contributed by atoms with E-state index in [4.69, 9.17) is 0 Å². The van der Waals surface area contributed by atoms with Crippen molar-refractivity contribution >= 4 is 12.6 Å². The standard InChI is InChI=1S/C13H20S/c1-2-3-5-10-13(11-14)12-8-6-4-7-9-12/h4,6-9,13-14H,2-3,5,10-11H2,1H3. The molecular formula is C13H20S. The normalized spacial score (nSPS) is 12.7. The molecule has 0 saturated carbocycles. The van der Waals surface area contributed by atoms with Crippen LogP contribution in [0.15, 0.2) is 30.3 Å². The number of hydrogen-bond donors (Lipinski definition) is 1. The summed E-state index contributed by atoms with van der Waals surface area (Å²) in [6, 6.07) is 10.7. The molecule has 1 heteroatoms. The van der Waals surface area contributed by atoms with Gasteiger partial charge in [0.05, 0.1) is 0 Å². The summed E-state index contributed by atoms with van der Waals surface area (Å²) in [7, 11) is 0. The van der Waals surface area contributed by atoms with Gasteiger partial charge in [0.2, 0.25) is 0 Å². The molecule has 0 heterocycles. The van der Waals surface area contributed by atoms with Gasteiger partial charge in [-0.05, 0) is 23.7 Å². The Morgan fingerprint density at radius 2 is 1.86 bits per heavy atom. The van der Waals surface area contributed by atoms with Crippen LogP contribution in [-0.2, 0) is 0 Å². The minimum Gasteiger partial charge on any atom is -0.179 e. The fourth-order valence-corrected chi connectivity index (χ4v) is 2.12. The maximum atomic E-state index is 4.43. The second-order valence-corrected chi connectivity index (χ2v) is 4.15. The van der Waals surface area contributed by atoms with Crippen molar-refractivity contribution in [3.05, 3.63) is 35.9 Å². The summed E-state index contributed by atoms with van der Waals surface area (Å²) < 4.78 is 0. The summed E-state index contributed by atoms with van der Waals surface area (Å²) in [5, 5.41) is 0. The van der Waals surface area contributed by atoms with Crippen molar-refractivity contribution < 1.29 is 0 Å². The molecule has 0 fully saturated rings. The Bertz CT molecular complexity index is 230. The molecule has 1 rings (SSSR count). The zero-order valence-electron chi connectivity index (χ0n) is 8.95. The highest BCUT2D eigenvalue weighted by atomic mass is 32.1. The number of unbranched alkanes of at least 4 members (excludes halogenated alkanes) is 2. The van der Waals surface area contributed by atoms with E-state index < -0.39 is 0 Å². The van der Waals surface area contributed by atoms with Crippen molar-refractivity contribution in [3.8, 4) is 0 Å². The second kappa shape index (κ2) is 6.94. The van der Waals surface area contributed by atoms with Crippen LogP contribution in [0.2, 0.25) is 0 Å². The van der Waals surface area contributed by atoms with Gasteiger partial charge in [-0.2, -0.15) is 12.6 Å². The first-order valence-electron chi connectivity index (χ1n) is 5.54. The predicted molar refractivity (Wildman–Crippen MR) is 67.2 cm³/mol. The minimum absolute atomic E-state index is 0.645. The van der Waals surface area contributed by atoms with Crippen molar-refractivity contribution in [2.75, 3.05) is 5.75 Å². The zero-order valence-corrected chi connectivity index (χ0v) is 9.84. The Morgan fingerprint density at radius 1 is 1.14 bits per heavy atom. The first-order valence-corrected chi connectivity index (χ1v) is 6.17. The van der Waals surface area contributed by atoms with Crippen LogP contribution < -0.4 is 0 Å². The first-order chi connectivity index (χ1) is 6.88. The Morgan fingerprint density at radius 3 is 2.43 bits per heavy atom. The van der Waals surface area contributed by atoms with Gasteiger partial charge < -0.3 is 0 Å². The molecule has 0 aliphatic rings. The second-order valence-electron chi connectivity index (χ2n) is 3.79. The van der Waals surface area contributed by atoms with E-state index in [2.05, 4.69) is 49.9 Å². The van der Waals surface area contributed by atoms with Crippen molar-refractivity contribution in [1.82, 2.24) is 0 Å². The van der Waals surface area contributed by atoms with E-state index in [1.165, 1.54) is 31.2 Å². The van der Waals surface area contributed by atoms with Crippen molar-refractivity contribution in [1.29, 1.82) is 0 Å². The highest BCUT2D eigenvalue weighted by Gasteiger charge is 2.07. The monoisotopic (exact) mass is 208 g/mol. The molecule has 0 spiro atoms. The van der Waals surface area contributed by atoms with Crippen LogP contribution in [0.3, 0.4) is 0 Å². The van der Waals surface area contributed by atoms with Gasteiger partial charge in [0.15, 0.2) is 0 Å². The summed E-state index contributed by atoms with van der Waals surface area (Å²) in [5.74, 6) is 1.61. The molecular weight excluding hydrogens is 188 g/mol. The topological polar surface area (TPSA) is 0 Å². The van der Waals surface area contributed by atoms with Crippen LogP contribution in [0.4, 0.5) is 0 Å². The van der Waals surface area contributed by atoms with Gasteiger partial charge in [-0.25, -0.2) is 0 Å². The van der Waals surface area contributed by atoms with Gasteiger partial charge in [0, 0.05) is 0 Å². The lowest BCUT2D eigenvalue weighted by molar-refractivity contribution is 0.604. The van der Waals surface area contributed by atoms with Crippen LogP contribution in [0.1, 0.15) is 44.1 Å². The highest BCUT2D eigenvalue weighted by molar-refractivity contribution is 7.80. The summed E-state index contributed by atoms with van der Waals surface area (Å²) >= 11 is 4.43. The molecule has 1 unspecified atom stereocenters. The number of thiol groups is 1. The van der Waals surface area contributed by atoms with Crippen molar-refractivity contribution in [2.45, 2.75) is 38.5 Å². The highest BCUT2D eigenvalue weighted by Crippen LogP contribution is 2.23. The third-order valence-electron chi connectivity index (χ3n) is 2.65. The Labute approximate surface area is 93.1 Å². The lowest BCUT2D eigenvalue weighted by Gasteiger charge is -2.14. The first kappa shape index (κ1) is 11.6. The van der Waals surface area contributed by atoms with Crippen LogP contribution in [-0.4, -0.2) is 5.75 Å². The fourth-order valence-electron chi connectivity index (χ4n) is 1.73. The van der Waals surface area contributed by atoms with Crippen LogP contribution in [0.25, 0.3) is 0 Å². The molecule has 0 aliphatic heterocycles. The van der Waals surface area contributed by atoms with Gasteiger partial charge in [0.1, 0.15) is 0 Å². The molecule has 0 aromatic heterocycles. The molecule has 0 bridgehead atoms. The summed E-state index contributed by atoms with van der Waals surface area (Å²) in [4.78, 5) is 0. The smallest absolute Gasteiger partial charge is 0.00289 e. The predicted octanol–water partition coefficient (Wildman–Crippen LogP) is 4.28. The molecule has 0 aliphatic carbocycles. The molecule has 1 aromatic rings. The molecule has 78 valence electrons. The zero-order chi connectivity index (χ0) is 10.2. The lowest BCUT2D eigenvalue weighted by Crippen LogP contribution is -2.00. The third-order valence-corrected chi connectivity index (χ3v) is 3.09. The van der Waals surface area contributed by atoms with Gasteiger partial charge in [0.25, 0.3) is 0 Å². The van der Waals surface area contributed by atoms with E-state index in [0.29, 0.717) is 5.92 Å². The quantitative estimate of drug-likeness (QED) is 0.523. The van der Waals surface area contributed by atoms with Crippen molar-refractivity contribution in [3.63, 3.8) is 0 Å². The molecule has 0 saturated heterocycles. The Balaban J connectivity index is 2.46. The van der Waals surface area contributed by atoms with Crippen molar-refractivity contribution in [2.24, 2.45) is 0 Å². The van der Waals surface area contributed by atoms with Crippen LogP contribution in [0.5, 0.6) is 0 Å². The molecule has 1 atom stereocenters. The summed E-state index contributed by atoms with van der Waals surface area (Å²) in [6.45, 7) is 2.25. The van der Waals surface area contributed by atoms with E-state index >= 15 is 0 Å². The van der Waals surface area contributed by atoms with E-state index in [1.54, 1.807) is 0 Å². The SMILES string of the molecule is CCCCCC(CS)c1ccccc1. The summed E-state index contributed by atoms with van der Waals surface area (Å²) in [6.07, 6.45) is 5.25. The lowest BCUT2D eigenvalue weighted by atomic mass is 9.95. The Hall–Kier alpha value is -0.430. The largest absolute Gasteiger partial charge is 0.179 e. The number of rotatable bonds is 6. The maximum absolute atomic E-state index is 4.43. The maximum Gasteiger partial charge on any atom is -0.00289 e. The summed E-state index contributed by atoms with van der Waals surface area (Å²) in [5.41, 5.74) is 1.44. The number of hydrogen-bond acceptors (Lipinski definition) is 1. The van der Waals surface area contributed by atoms with Gasteiger partial charge in [-0.1, -0.05) is 56.5 Å². The van der Waals surface area contributed by atoms with Gasteiger partial charge in [-0.3, -0.25) is 0 Å². The fraction of sp³-hybridized carbons (Fsp3) is 0.538. The molecule has 0 amide bonds. The van der Waals surface area contributed by atoms with Gasteiger partial charge in [-0.15, -0.1) is 0 Å². The molecule has 14 heavy (non-hydrogen) atoms. The van der Waals surface area contributed by atoms with Crippen LogP contribution in [0, 0.1) is 0 Å². The van der Waals surface area contributed by atoms with E-state index in [1.807, 2.05) is 0 Å². The minimum atomic E-state index is 0.645. The van der Waals surface area contributed by atoms with Gasteiger partial charge >= 0.3 is 0 Å². The molecule has 0 nitrogen and oxygen atoms in total. The van der Waals surface area contributed by atoms with E-state index in [-0.39, 0.29) is 0 Å². The average molecular weight is 208 g/mol.